The fourth-order valence-corrected chi connectivity index (χ4v) is 2.34. The lowest BCUT2D eigenvalue weighted by molar-refractivity contribution is -0.117. The Bertz CT molecular complexity index is 698. The van der Waals surface area contributed by atoms with Gasteiger partial charge in [-0.2, -0.15) is 0 Å². The van der Waals surface area contributed by atoms with Gasteiger partial charge in [0.1, 0.15) is 6.04 Å². The van der Waals surface area contributed by atoms with E-state index < -0.39 is 6.04 Å². The highest BCUT2D eigenvalue weighted by atomic mass is 16.2. The van der Waals surface area contributed by atoms with E-state index in [4.69, 9.17) is 5.73 Å². The molecule has 2 aromatic carbocycles. The van der Waals surface area contributed by atoms with Crippen LogP contribution in [0.2, 0.25) is 0 Å². The minimum absolute atomic E-state index is 0.0329. The van der Waals surface area contributed by atoms with Crippen molar-refractivity contribution in [2.24, 2.45) is 5.73 Å². The molecule has 0 unspecified atom stereocenters. The largest absolute Gasteiger partial charge is 0.326 e. The summed E-state index contributed by atoms with van der Waals surface area (Å²) in [6.07, 6.45) is 0.337. The fourth-order valence-electron chi connectivity index (χ4n) is 2.34. The van der Waals surface area contributed by atoms with E-state index in [9.17, 15) is 9.59 Å². The van der Waals surface area contributed by atoms with Crippen LogP contribution in [-0.4, -0.2) is 11.8 Å². The second kappa shape index (κ2) is 5.38. The minimum Gasteiger partial charge on any atom is -0.326 e. The van der Waals surface area contributed by atoms with Gasteiger partial charge in [-0.1, -0.05) is 30.3 Å². The summed E-state index contributed by atoms with van der Waals surface area (Å²) in [4.78, 5) is 23.5. The quantitative estimate of drug-likeness (QED) is 0.802. The molecule has 2 aromatic rings. The maximum Gasteiger partial charge on any atom is 0.245 e. The molecule has 1 atom stereocenters. The Balaban J connectivity index is 1.74. The van der Waals surface area contributed by atoms with Crippen molar-refractivity contribution in [3.05, 3.63) is 59.7 Å². The first-order valence-corrected chi connectivity index (χ1v) is 6.67. The van der Waals surface area contributed by atoms with E-state index in [0.29, 0.717) is 12.1 Å². The van der Waals surface area contributed by atoms with Gasteiger partial charge in [0, 0.05) is 11.4 Å². The lowest BCUT2D eigenvalue weighted by Crippen LogP contribution is -2.27. The second-order valence-corrected chi connectivity index (χ2v) is 4.97. The molecular formula is C16H15N3O2. The Hall–Kier alpha value is -2.66. The Labute approximate surface area is 122 Å². The standard InChI is InChI=1S/C16H15N3O2/c17-15(10-4-2-1-3-5-10)16(21)18-12-6-7-13-11(8-12)9-14(20)19-13/h1-8,15H,9,17H2,(H,18,21)(H,19,20)/t15-/m1/s1. The SMILES string of the molecule is N[C@@H](C(=O)Nc1ccc2c(c1)CC(=O)N2)c1ccccc1. The summed E-state index contributed by atoms with van der Waals surface area (Å²) in [7, 11) is 0. The molecule has 106 valence electrons. The van der Waals surface area contributed by atoms with E-state index in [1.165, 1.54) is 0 Å². The van der Waals surface area contributed by atoms with Gasteiger partial charge < -0.3 is 16.4 Å². The molecule has 21 heavy (non-hydrogen) atoms. The van der Waals surface area contributed by atoms with Crippen molar-refractivity contribution >= 4 is 23.2 Å². The molecule has 0 saturated carbocycles. The first-order valence-electron chi connectivity index (χ1n) is 6.67. The molecule has 5 heteroatoms. The molecule has 0 aromatic heterocycles. The summed E-state index contributed by atoms with van der Waals surface area (Å²) >= 11 is 0. The molecule has 0 aliphatic carbocycles. The highest BCUT2D eigenvalue weighted by molar-refractivity contribution is 6.01. The maximum absolute atomic E-state index is 12.2. The van der Waals surface area contributed by atoms with Crippen LogP contribution in [0.4, 0.5) is 11.4 Å². The van der Waals surface area contributed by atoms with Gasteiger partial charge in [0.2, 0.25) is 11.8 Å². The number of benzene rings is 2. The second-order valence-electron chi connectivity index (χ2n) is 4.97. The van der Waals surface area contributed by atoms with Crippen molar-refractivity contribution in [3.63, 3.8) is 0 Å². The van der Waals surface area contributed by atoms with E-state index in [0.717, 1.165) is 16.8 Å². The van der Waals surface area contributed by atoms with Crippen LogP contribution in [0.1, 0.15) is 17.2 Å². The Morgan fingerprint density at radius 3 is 2.71 bits per heavy atom. The number of carbonyl (C=O) groups is 2. The highest BCUT2D eigenvalue weighted by Crippen LogP contribution is 2.26. The van der Waals surface area contributed by atoms with Gasteiger partial charge in [-0.25, -0.2) is 0 Å². The van der Waals surface area contributed by atoms with Crippen LogP contribution in [0.3, 0.4) is 0 Å². The van der Waals surface area contributed by atoms with Gasteiger partial charge in [0.05, 0.1) is 6.42 Å². The fraction of sp³-hybridized carbons (Fsp3) is 0.125. The topological polar surface area (TPSA) is 84.2 Å². The van der Waals surface area contributed by atoms with Crippen LogP contribution in [-0.2, 0) is 16.0 Å². The van der Waals surface area contributed by atoms with E-state index in [1.807, 2.05) is 30.3 Å². The van der Waals surface area contributed by atoms with Crippen LogP contribution >= 0.6 is 0 Å². The number of fused-ring (bicyclic) bond motifs is 1. The summed E-state index contributed by atoms with van der Waals surface area (Å²) < 4.78 is 0. The van der Waals surface area contributed by atoms with Crippen molar-refractivity contribution in [1.29, 1.82) is 0 Å². The molecule has 5 nitrogen and oxygen atoms in total. The molecule has 0 radical (unpaired) electrons. The molecule has 0 fully saturated rings. The smallest absolute Gasteiger partial charge is 0.245 e. The van der Waals surface area contributed by atoms with Crippen LogP contribution in [0.5, 0.6) is 0 Å². The zero-order chi connectivity index (χ0) is 14.8. The Kier molecular flexibility index (Phi) is 3.41. The van der Waals surface area contributed by atoms with E-state index >= 15 is 0 Å². The van der Waals surface area contributed by atoms with E-state index in [2.05, 4.69) is 10.6 Å². The summed E-state index contributed by atoms with van der Waals surface area (Å²) in [5.41, 5.74) is 9.02. The number of anilines is 2. The van der Waals surface area contributed by atoms with Gasteiger partial charge in [-0.15, -0.1) is 0 Å². The Morgan fingerprint density at radius 2 is 1.95 bits per heavy atom. The van der Waals surface area contributed by atoms with Gasteiger partial charge in [-0.05, 0) is 29.3 Å². The number of hydrogen-bond acceptors (Lipinski definition) is 3. The Morgan fingerprint density at radius 1 is 1.19 bits per heavy atom. The number of carbonyl (C=O) groups excluding carboxylic acids is 2. The predicted molar refractivity (Wildman–Crippen MR) is 80.8 cm³/mol. The highest BCUT2D eigenvalue weighted by Gasteiger charge is 2.19. The molecule has 3 rings (SSSR count). The van der Waals surface area contributed by atoms with Crippen LogP contribution in [0.15, 0.2) is 48.5 Å². The zero-order valence-corrected chi connectivity index (χ0v) is 11.3. The lowest BCUT2D eigenvalue weighted by Gasteiger charge is -2.13. The molecule has 0 bridgehead atoms. The summed E-state index contributed by atoms with van der Waals surface area (Å²) in [6, 6.07) is 13.8. The van der Waals surface area contributed by atoms with Gasteiger partial charge >= 0.3 is 0 Å². The molecule has 0 saturated heterocycles. The predicted octanol–water partition coefficient (Wildman–Crippen LogP) is 1.82. The van der Waals surface area contributed by atoms with E-state index in [-0.39, 0.29) is 11.8 Å². The summed E-state index contributed by atoms with van der Waals surface area (Å²) in [6.45, 7) is 0. The molecule has 1 aliphatic heterocycles. The third kappa shape index (κ3) is 2.78. The van der Waals surface area contributed by atoms with Crippen molar-refractivity contribution < 1.29 is 9.59 Å². The molecule has 0 spiro atoms. The van der Waals surface area contributed by atoms with Crippen molar-refractivity contribution in [2.75, 3.05) is 10.6 Å². The van der Waals surface area contributed by atoms with Crippen molar-refractivity contribution in [2.45, 2.75) is 12.5 Å². The average Bonchev–Trinajstić information content (AvgIpc) is 2.86. The van der Waals surface area contributed by atoms with Crippen LogP contribution in [0.25, 0.3) is 0 Å². The number of amides is 2. The molecule has 2 amide bonds. The number of hydrogen-bond donors (Lipinski definition) is 3. The molecular weight excluding hydrogens is 266 g/mol. The average molecular weight is 281 g/mol. The normalized spacial score (nSPS) is 14.2. The minimum atomic E-state index is -0.723. The van der Waals surface area contributed by atoms with Gasteiger partial charge in [-0.3, -0.25) is 9.59 Å². The molecule has 1 heterocycles. The van der Waals surface area contributed by atoms with Crippen LogP contribution in [0, 0.1) is 0 Å². The van der Waals surface area contributed by atoms with E-state index in [1.54, 1.807) is 18.2 Å². The third-order valence-electron chi connectivity index (χ3n) is 3.44. The molecule has 1 aliphatic rings. The zero-order valence-electron chi connectivity index (χ0n) is 11.3. The van der Waals surface area contributed by atoms with Gasteiger partial charge in [0.25, 0.3) is 0 Å². The number of rotatable bonds is 3. The summed E-state index contributed by atoms with van der Waals surface area (Å²) in [5.74, 6) is -0.312. The van der Waals surface area contributed by atoms with Gasteiger partial charge in [0.15, 0.2) is 0 Å². The molecule has 4 N–H and O–H groups in total. The van der Waals surface area contributed by atoms with Crippen molar-refractivity contribution in [1.82, 2.24) is 0 Å². The number of nitrogens with two attached hydrogens (primary N) is 1. The first kappa shape index (κ1) is 13.3. The maximum atomic E-state index is 12.2. The number of nitrogens with one attached hydrogen (secondary N) is 2. The van der Waals surface area contributed by atoms with Crippen LogP contribution < -0.4 is 16.4 Å². The monoisotopic (exact) mass is 281 g/mol. The summed E-state index contributed by atoms with van der Waals surface area (Å²) in [5, 5.41) is 5.53. The lowest BCUT2D eigenvalue weighted by atomic mass is 10.1. The first-order chi connectivity index (χ1) is 10.1. The van der Waals surface area contributed by atoms with Crippen molar-refractivity contribution in [3.8, 4) is 0 Å². The third-order valence-corrected chi connectivity index (χ3v) is 3.44.